The highest BCUT2D eigenvalue weighted by Crippen LogP contribution is 2.72. The summed E-state index contributed by atoms with van der Waals surface area (Å²) in [5.41, 5.74) is 3.91. The maximum Gasteiger partial charge on any atom is 0.216 e. The zero-order chi connectivity index (χ0) is 25.5. The lowest BCUT2D eigenvalue weighted by Gasteiger charge is -2.34. The largest absolute Gasteiger partial charge is 0.233 e. The second kappa shape index (κ2) is 7.86. The molecule has 36 heavy (non-hydrogen) atoms. The molecule has 0 N–H and O–H groups in total. The van der Waals surface area contributed by atoms with Gasteiger partial charge in [0.15, 0.2) is 0 Å². The van der Waals surface area contributed by atoms with Crippen molar-refractivity contribution in [1.82, 2.24) is 14.1 Å². The first kappa shape index (κ1) is 23.6. The normalized spacial score (nSPS) is 29.8. The van der Waals surface area contributed by atoms with Gasteiger partial charge in [0.2, 0.25) is 10.0 Å². The Labute approximate surface area is 212 Å². The zero-order valence-corrected chi connectivity index (χ0v) is 22.0. The highest BCUT2D eigenvalue weighted by molar-refractivity contribution is 7.89. The van der Waals surface area contributed by atoms with Crippen LogP contribution in [0.3, 0.4) is 0 Å². The van der Waals surface area contributed by atoms with Gasteiger partial charge in [-0.1, -0.05) is 31.2 Å². The van der Waals surface area contributed by atoms with Crippen molar-refractivity contribution in [2.45, 2.75) is 44.8 Å². The lowest BCUT2D eigenvalue weighted by atomic mass is 9.73. The summed E-state index contributed by atoms with van der Waals surface area (Å²) in [5.74, 6) is 0.365. The summed E-state index contributed by atoms with van der Waals surface area (Å²) in [6.45, 7) is 9.07. The maximum atomic E-state index is 13.5. The van der Waals surface area contributed by atoms with Crippen LogP contribution in [-0.4, -0.2) is 40.8 Å². The highest BCUT2D eigenvalue weighted by Gasteiger charge is 2.75. The fourth-order valence-electron chi connectivity index (χ4n) is 7.01. The number of nitrogens with zero attached hydrogens (tertiary/aromatic N) is 3. The van der Waals surface area contributed by atoms with Gasteiger partial charge in [0, 0.05) is 23.9 Å². The Bertz CT molecular complexity index is 1520. The fraction of sp³-hybridized carbons (Fsp3) is 0.414. The molecule has 1 unspecified atom stereocenters. The SMILES string of the molecule is Cc1cc2c(cnn2-c2ccc(F)cc2)cc1[C@]12CN(S(=O)(=O)C(C)C)C[C@H]1[C@@H]2C1(C)C=CC=CC1. The number of rotatable bonds is 5. The van der Waals surface area contributed by atoms with Crippen LogP contribution in [0.1, 0.15) is 38.3 Å². The smallest absolute Gasteiger partial charge is 0.216 e. The molecule has 4 atom stereocenters. The van der Waals surface area contributed by atoms with Crippen molar-refractivity contribution in [2.24, 2.45) is 17.3 Å². The molecule has 0 radical (unpaired) electrons. The van der Waals surface area contributed by atoms with Crippen molar-refractivity contribution < 1.29 is 12.8 Å². The van der Waals surface area contributed by atoms with E-state index < -0.39 is 15.3 Å². The minimum Gasteiger partial charge on any atom is -0.233 e. The maximum absolute atomic E-state index is 13.5. The summed E-state index contributed by atoms with van der Waals surface area (Å²) >= 11 is 0. The van der Waals surface area contributed by atoms with E-state index in [-0.39, 0.29) is 22.6 Å². The molecule has 0 bridgehead atoms. The van der Waals surface area contributed by atoms with Gasteiger partial charge < -0.3 is 0 Å². The van der Waals surface area contributed by atoms with Gasteiger partial charge in [-0.3, -0.25) is 0 Å². The molecule has 1 saturated heterocycles. The topological polar surface area (TPSA) is 55.2 Å². The molecule has 1 saturated carbocycles. The van der Waals surface area contributed by atoms with Crippen LogP contribution in [0, 0.1) is 30.0 Å². The predicted molar refractivity (Wildman–Crippen MR) is 141 cm³/mol. The summed E-state index contributed by atoms with van der Waals surface area (Å²) in [6, 6.07) is 10.7. The van der Waals surface area contributed by atoms with Crippen LogP contribution < -0.4 is 0 Å². The van der Waals surface area contributed by atoms with Crippen molar-refractivity contribution >= 4 is 20.9 Å². The van der Waals surface area contributed by atoms with Crippen LogP contribution in [-0.2, 0) is 15.4 Å². The lowest BCUT2D eigenvalue weighted by Crippen LogP contribution is -2.41. The van der Waals surface area contributed by atoms with Gasteiger partial charge in [0.05, 0.1) is 22.7 Å². The van der Waals surface area contributed by atoms with Crippen molar-refractivity contribution in [1.29, 1.82) is 0 Å². The molecule has 1 aromatic heterocycles. The number of sulfonamides is 1. The van der Waals surface area contributed by atoms with E-state index in [1.54, 1.807) is 30.3 Å². The molecule has 2 aliphatic carbocycles. The highest BCUT2D eigenvalue weighted by atomic mass is 32.2. The number of piperidine rings is 1. The summed E-state index contributed by atoms with van der Waals surface area (Å²) in [7, 11) is -3.34. The van der Waals surface area contributed by atoms with Crippen LogP contribution in [0.4, 0.5) is 4.39 Å². The monoisotopic (exact) mass is 505 g/mol. The Kier molecular flexibility index (Phi) is 5.16. The van der Waals surface area contributed by atoms with Gasteiger partial charge in [-0.15, -0.1) is 0 Å². The van der Waals surface area contributed by atoms with Gasteiger partial charge in [-0.2, -0.15) is 5.10 Å². The van der Waals surface area contributed by atoms with Gasteiger partial charge in [0.25, 0.3) is 0 Å². The van der Waals surface area contributed by atoms with E-state index in [0.717, 1.165) is 28.6 Å². The number of fused-ring (bicyclic) bond motifs is 2. The Hall–Kier alpha value is -2.77. The number of halogens is 1. The molecule has 1 aliphatic heterocycles. The number of allylic oxidation sites excluding steroid dienone is 4. The van der Waals surface area contributed by atoms with E-state index in [1.165, 1.54) is 17.7 Å². The first-order valence-electron chi connectivity index (χ1n) is 12.7. The van der Waals surface area contributed by atoms with E-state index in [4.69, 9.17) is 0 Å². The van der Waals surface area contributed by atoms with E-state index >= 15 is 0 Å². The summed E-state index contributed by atoms with van der Waals surface area (Å²) in [6.07, 6.45) is 11.6. The summed E-state index contributed by atoms with van der Waals surface area (Å²) in [5, 5.41) is 5.18. The van der Waals surface area contributed by atoms with Crippen molar-refractivity contribution in [3.05, 3.63) is 83.8 Å². The van der Waals surface area contributed by atoms with Crippen molar-refractivity contribution in [2.75, 3.05) is 13.1 Å². The molecule has 5 nitrogen and oxygen atoms in total. The number of aromatic nitrogens is 2. The van der Waals surface area contributed by atoms with Crippen LogP contribution in [0.15, 0.2) is 66.9 Å². The number of benzene rings is 2. The molecule has 188 valence electrons. The molecule has 0 amide bonds. The average molecular weight is 506 g/mol. The van der Waals surface area contributed by atoms with E-state index in [1.807, 2.05) is 10.9 Å². The van der Waals surface area contributed by atoms with Crippen LogP contribution in [0.5, 0.6) is 0 Å². The Balaban J connectivity index is 1.46. The number of aryl methyl sites for hydroxylation is 1. The molecule has 6 rings (SSSR count). The first-order valence-corrected chi connectivity index (χ1v) is 14.2. The third-order valence-corrected chi connectivity index (χ3v) is 11.0. The fourth-order valence-corrected chi connectivity index (χ4v) is 8.37. The first-order chi connectivity index (χ1) is 17.1. The number of hydrogen-bond donors (Lipinski definition) is 0. The molecule has 3 aromatic rings. The van der Waals surface area contributed by atoms with E-state index in [2.05, 4.69) is 55.4 Å². The van der Waals surface area contributed by atoms with E-state index in [9.17, 15) is 12.8 Å². The van der Waals surface area contributed by atoms with Gasteiger partial charge in [0.1, 0.15) is 5.82 Å². The minimum absolute atomic E-state index is 0.00715. The second-order valence-electron chi connectivity index (χ2n) is 11.3. The quantitative estimate of drug-likeness (QED) is 0.458. The summed E-state index contributed by atoms with van der Waals surface area (Å²) in [4.78, 5) is 0. The number of hydrogen-bond acceptors (Lipinski definition) is 3. The molecule has 7 heteroatoms. The van der Waals surface area contributed by atoms with Crippen LogP contribution >= 0.6 is 0 Å². The third kappa shape index (κ3) is 3.28. The third-order valence-electron chi connectivity index (χ3n) is 8.78. The molecule has 2 aromatic carbocycles. The molecule has 3 aliphatic rings. The minimum atomic E-state index is -3.34. The van der Waals surface area contributed by atoms with Crippen LogP contribution in [0.25, 0.3) is 16.6 Å². The Morgan fingerprint density at radius 2 is 1.89 bits per heavy atom. The van der Waals surface area contributed by atoms with Gasteiger partial charge in [-0.25, -0.2) is 21.8 Å². The van der Waals surface area contributed by atoms with Gasteiger partial charge in [-0.05, 0) is 92.0 Å². The molecule has 2 heterocycles. The average Bonchev–Trinajstić information content (AvgIpc) is 3.11. The standard InChI is InChI=1S/C29H32FN3O2S/c1-19(2)36(34,35)32-17-25-27(28(4)12-6-5-7-13-28)29(25,18-32)24-15-21-16-31-33(26(21)14-20(24)3)23-10-8-22(30)9-11-23/h5-12,14-16,19,25,27H,13,17-18H2,1-4H3/t25-,27+,28?,29+/m0/s1. The molecule has 0 spiro atoms. The Morgan fingerprint density at radius 3 is 2.56 bits per heavy atom. The van der Waals surface area contributed by atoms with Gasteiger partial charge >= 0.3 is 0 Å². The van der Waals surface area contributed by atoms with E-state index in [0.29, 0.717) is 19.0 Å². The zero-order valence-electron chi connectivity index (χ0n) is 21.1. The molecular formula is C29H32FN3O2S. The predicted octanol–water partition coefficient (Wildman–Crippen LogP) is 5.53. The Morgan fingerprint density at radius 1 is 1.14 bits per heavy atom. The lowest BCUT2D eigenvalue weighted by molar-refractivity contribution is 0.274. The summed E-state index contributed by atoms with van der Waals surface area (Å²) < 4.78 is 43.4. The molecular weight excluding hydrogens is 473 g/mol. The van der Waals surface area contributed by atoms with Crippen molar-refractivity contribution in [3.8, 4) is 5.69 Å². The molecule has 2 fully saturated rings. The van der Waals surface area contributed by atoms with Crippen LogP contribution in [0.2, 0.25) is 0 Å². The second-order valence-corrected chi connectivity index (χ2v) is 13.8. The van der Waals surface area contributed by atoms with Crippen molar-refractivity contribution in [3.63, 3.8) is 0 Å².